The molecule has 156 valence electrons. The molecule has 0 aromatic heterocycles. The van der Waals surface area contributed by atoms with Crippen molar-refractivity contribution in [1.82, 2.24) is 0 Å². The summed E-state index contributed by atoms with van der Waals surface area (Å²) in [6.45, 7) is 14.8. The molecule has 0 spiro atoms. The second-order valence-corrected chi connectivity index (χ2v) is 8.48. The van der Waals surface area contributed by atoms with E-state index < -0.39 is 5.60 Å². The van der Waals surface area contributed by atoms with Gasteiger partial charge in [-0.05, 0) is 63.1 Å². The zero-order valence-electron chi connectivity index (χ0n) is 18.5. The van der Waals surface area contributed by atoms with Gasteiger partial charge in [-0.1, -0.05) is 34.6 Å². The van der Waals surface area contributed by atoms with Crippen molar-refractivity contribution in [3.8, 4) is 11.8 Å². The third-order valence-corrected chi connectivity index (χ3v) is 4.19. The molecule has 1 aromatic carbocycles. The van der Waals surface area contributed by atoms with Crippen molar-refractivity contribution >= 4 is 11.6 Å². The summed E-state index contributed by atoms with van der Waals surface area (Å²) in [5, 5.41) is 12.4. The van der Waals surface area contributed by atoms with E-state index in [1.807, 2.05) is 20.8 Å². The van der Waals surface area contributed by atoms with Crippen LogP contribution in [0.1, 0.15) is 73.3 Å². The molecule has 0 aliphatic rings. The monoisotopic (exact) mass is 388 g/mol. The highest BCUT2D eigenvalue weighted by atomic mass is 16.5. The Morgan fingerprint density at radius 2 is 1.75 bits per heavy atom. The first kappa shape index (κ1) is 24.0. The molecule has 1 amide bonds. The van der Waals surface area contributed by atoms with Crippen molar-refractivity contribution in [2.75, 3.05) is 11.9 Å². The highest BCUT2D eigenvalue weighted by Crippen LogP contribution is 2.32. The Bertz CT molecular complexity index is 665. The molecule has 0 atom stereocenters. The lowest BCUT2D eigenvalue weighted by atomic mass is 9.83. The molecular weight excluding hydrogens is 352 g/mol. The largest absolute Gasteiger partial charge is 0.490 e. The molecule has 0 fully saturated rings. The smallest absolute Gasteiger partial charge is 0.256 e. The van der Waals surface area contributed by atoms with E-state index in [2.05, 4.69) is 39.1 Å². The van der Waals surface area contributed by atoms with Crippen LogP contribution in [0.25, 0.3) is 0 Å². The van der Waals surface area contributed by atoms with Crippen LogP contribution in [0.3, 0.4) is 0 Å². The number of rotatable bonds is 11. The summed E-state index contributed by atoms with van der Waals surface area (Å²) in [6.07, 6.45) is 2.12. The highest BCUT2D eigenvalue weighted by Gasteiger charge is 2.40. The molecule has 0 heterocycles. The molecule has 1 N–H and O–H groups in total. The maximum Gasteiger partial charge on any atom is 0.256 e. The minimum Gasteiger partial charge on any atom is -0.490 e. The van der Waals surface area contributed by atoms with E-state index in [4.69, 9.17) is 9.47 Å². The average Bonchev–Trinajstić information content (AvgIpc) is 2.59. The molecule has 1 rings (SSSR count). The van der Waals surface area contributed by atoms with Gasteiger partial charge in [0.05, 0.1) is 11.7 Å². The Morgan fingerprint density at radius 3 is 2.21 bits per heavy atom. The molecule has 28 heavy (non-hydrogen) atoms. The minimum absolute atomic E-state index is 0.0280. The van der Waals surface area contributed by atoms with Gasteiger partial charge in [0.25, 0.3) is 5.91 Å². The molecule has 0 radical (unpaired) electrons. The molecule has 0 bridgehead atoms. The normalized spacial score (nSPS) is 11.8. The molecular formula is C23H36N2O3. The van der Waals surface area contributed by atoms with E-state index >= 15 is 0 Å². The summed E-state index contributed by atoms with van der Waals surface area (Å²) >= 11 is 0. The lowest BCUT2D eigenvalue weighted by molar-refractivity contribution is -0.147. The molecule has 5 nitrogen and oxygen atoms in total. The number of nitrogens with one attached hydrogen (secondary N) is 1. The van der Waals surface area contributed by atoms with Gasteiger partial charge in [-0.25, -0.2) is 0 Å². The number of ether oxygens (including phenoxy) is 2. The molecule has 1 aromatic rings. The highest BCUT2D eigenvalue weighted by molar-refractivity contribution is 5.97. The van der Waals surface area contributed by atoms with Gasteiger partial charge < -0.3 is 14.8 Å². The van der Waals surface area contributed by atoms with Gasteiger partial charge in [-0.2, -0.15) is 5.26 Å². The SMILES string of the molecule is CCCOC(CC(C)C)(CC(C)C)C(=O)Nc1ccc(OC(C)C)c(C#N)c1. The van der Waals surface area contributed by atoms with Gasteiger partial charge in [0.2, 0.25) is 0 Å². The zero-order chi connectivity index (χ0) is 21.3. The van der Waals surface area contributed by atoms with E-state index in [1.54, 1.807) is 18.2 Å². The van der Waals surface area contributed by atoms with Crippen LogP contribution in [-0.2, 0) is 9.53 Å². The average molecular weight is 389 g/mol. The van der Waals surface area contributed by atoms with Crippen LogP contribution in [0.5, 0.6) is 5.75 Å². The fraction of sp³-hybridized carbons (Fsp3) is 0.652. The van der Waals surface area contributed by atoms with Gasteiger partial charge in [0, 0.05) is 12.3 Å². The first-order chi connectivity index (χ1) is 13.1. The van der Waals surface area contributed by atoms with Gasteiger partial charge in [-0.15, -0.1) is 0 Å². The lowest BCUT2D eigenvalue weighted by Gasteiger charge is -2.35. The standard InChI is InChI=1S/C23H36N2O3/c1-8-11-27-23(13-16(2)3,14-17(4)5)22(26)25-20-9-10-21(28-18(6)7)19(12-20)15-24/h9-10,12,16-18H,8,11,13-14H2,1-7H3,(H,25,26). The van der Waals surface area contributed by atoms with Crippen molar-refractivity contribution < 1.29 is 14.3 Å². The third kappa shape index (κ3) is 7.16. The Balaban J connectivity index is 3.16. The van der Waals surface area contributed by atoms with Crippen LogP contribution in [-0.4, -0.2) is 24.2 Å². The number of benzene rings is 1. The van der Waals surface area contributed by atoms with Gasteiger partial charge >= 0.3 is 0 Å². The molecule has 5 heteroatoms. The van der Waals surface area contributed by atoms with Crippen LogP contribution >= 0.6 is 0 Å². The Morgan fingerprint density at radius 1 is 1.14 bits per heavy atom. The first-order valence-electron chi connectivity index (χ1n) is 10.3. The maximum absolute atomic E-state index is 13.3. The number of nitrogens with zero attached hydrogens (tertiary/aromatic N) is 1. The Kier molecular flexibility index (Phi) is 9.48. The predicted molar refractivity (Wildman–Crippen MR) is 113 cm³/mol. The molecule has 0 saturated heterocycles. The van der Waals surface area contributed by atoms with E-state index in [0.29, 0.717) is 48.3 Å². The summed E-state index contributed by atoms with van der Waals surface area (Å²) in [4.78, 5) is 13.3. The molecule has 0 saturated carbocycles. The minimum atomic E-state index is -0.877. The third-order valence-electron chi connectivity index (χ3n) is 4.19. The quantitative estimate of drug-likeness (QED) is 0.540. The zero-order valence-corrected chi connectivity index (χ0v) is 18.5. The lowest BCUT2D eigenvalue weighted by Crippen LogP contribution is -2.47. The second-order valence-electron chi connectivity index (χ2n) is 8.48. The van der Waals surface area contributed by atoms with Gasteiger partial charge in [0.1, 0.15) is 17.4 Å². The fourth-order valence-corrected chi connectivity index (χ4v) is 3.37. The molecule has 0 aliphatic heterocycles. The topological polar surface area (TPSA) is 71.3 Å². The number of nitriles is 1. The van der Waals surface area contributed by atoms with E-state index in [1.165, 1.54) is 0 Å². The predicted octanol–water partition coefficient (Wildman–Crippen LogP) is 5.54. The Hall–Kier alpha value is -2.06. The van der Waals surface area contributed by atoms with Crippen molar-refractivity contribution in [2.45, 2.75) is 79.4 Å². The van der Waals surface area contributed by atoms with Crippen molar-refractivity contribution in [3.05, 3.63) is 23.8 Å². The van der Waals surface area contributed by atoms with Crippen LogP contribution in [0.4, 0.5) is 5.69 Å². The summed E-state index contributed by atoms with van der Waals surface area (Å²) in [7, 11) is 0. The molecule has 0 aliphatic carbocycles. The Labute approximate surface area is 170 Å². The van der Waals surface area contributed by atoms with Crippen molar-refractivity contribution in [3.63, 3.8) is 0 Å². The van der Waals surface area contributed by atoms with E-state index in [0.717, 1.165) is 6.42 Å². The number of amides is 1. The van der Waals surface area contributed by atoms with Crippen LogP contribution in [0, 0.1) is 23.2 Å². The summed E-state index contributed by atoms with van der Waals surface area (Å²) in [6, 6.07) is 7.30. The first-order valence-corrected chi connectivity index (χ1v) is 10.3. The fourth-order valence-electron chi connectivity index (χ4n) is 3.37. The number of carbonyl (C=O) groups is 1. The van der Waals surface area contributed by atoms with Gasteiger partial charge in [-0.3, -0.25) is 4.79 Å². The van der Waals surface area contributed by atoms with Gasteiger partial charge in [0.15, 0.2) is 0 Å². The summed E-state index contributed by atoms with van der Waals surface area (Å²) in [5.41, 5.74) is 0.104. The number of hydrogen-bond acceptors (Lipinski definition) is 4. The van der Waals surface area contributed by atoms with Crippen LogP contribution < -0.4 is 10.1 Å². The van der Waals surface area contributed by atoms with Crippen molar-refractivity contribution in [2.24, 2.45) is 11.8 Å². The van der Waals surface area contributed by atoms with E-state index in [9.17, 15) is 10.1 Å². The number of anilines is 1. The second kappa shape index (κ2) is 11.1. The molecule has 0 unspecified atom stereocenters. The van der Waals surface area contributed by atoms with Crippen LogP contribution in [0.2, 0.25) is 0 Å². The number of carbonyl (C=O) groups excluding carboxylic acids is 1. The van der Waals surface area contributed by atoms with Crippen LogP contribution in [0.15, 0.2) is 18.2 Å². The number of hydrogen-bond donors (Lipinski definition) is 1. The van der Waals surface area contributed by atoms with E-state index in [-0.39, 0.29) is 12.0 Å². The summed E-state index contributed by atoms with van der Waals surface area (Å²) < 4.78 is 11.8. The maximum atomic E-state index is 13.3. The van der Waals surface area contributed by atoms with Crippen molar-refractivity contribution in [1.29, 1.82) is 5.26 Å². The summed E-state index contributed by atoms with van der Waals surface area (Å²) in [5.74, 6) is 1.01.